The molecule has 1 aromatic rings. The Morgan fingerprint density at radius 2 is 2.25 bits per heavy atom. The number of aromatic nitrogens is 1. The number of amides is 1. The minimum atomic E-state index is -0.337. The van der Waals surface area contributed by atoms with Gasteiger partial charge in [0.15, 0.2) is 0 Å². The molecule has 0 aliphatic carbocycles. The number of nitrogens with two attached hydrogens (primary N) is 1. The van der Waals surface area contributed by atoms with E-state index >= 15 is 0 Å². The van der Waals surface area contributed by atoms with E-state index in [2.05, 4.69) is 24.3 Å². The van der Waals surface area contributed by atoms with Gasteiger partial charge in [0.1, 0.15) is 0 Å². The fourth-order valence-corrected chi connectivity index (χ4v) is 1.96. The zero-order valence-corrected chi connectivity index (χ0v) is 12.4. The van der Waals surface area contributed by atoms with Gasteiger partial charge in [-0.1, -0.05) is 33.1 Å². The highest BCUT2D eigenvalue weighted by Gasteiger charge is 2.07. The monoisotopic (exact) mass is 279 g/mol. The molecule has 0 saturated heterocycles. The summed E-state index contributed by atoms with van der Waals surface area (Å²) in [5.41, 5.74) is 3.35. The highest BCUT2D eigenvalue weighted by molar-refractivity contribution is 5.93. The van der Waals surface area contributed by atoms with Crippen molar-refractivity contribution in [3.05, 3.63) is 29.6 Å². The molecule has 20 heavy (non-hydrogen) atoms. The summed E-state index contributed by atoms with van der Waals surface area (Å²) in [5.74, 6) is 5.34. The molecule has 1 unspecified atom stereocenters. The van der Waals surface area contributed by atoms with Gasteiger partial charge in [-0.2, -0.15) is 0 Å². The number of carbonyl (C=O) groups excluding carboxylic acids is 1. The number of nitrogens with one attached hydrogen (secondary N) is 1. The minimum absolute atomic E-state index is 0.337. The van der Waals surface area contributed by atoms with Crippen LogP contribution in [-0.2, 0) is 11.3 Å². The predicted octanol–water partition coefficient (Wildman–Crippen LogP) is 2.42. The van der Waals surface area contributed by atoms with Gasteiger partial charge in [-0.15, -0.1) is 0 Å². The first-order chi connectivity index (χ1) is 9.71. The van der Waals surface area contributed by atoms with Crippen LogP contribution in [0.4, 0.5) is 0 Å². The zero-order valence-electron chi connectivity index (χ0n) is 12.4. The fraction of sp³-hybridized carbons (Fsp3) is 0.600. The zero-order chi connectivity index (χ0) is 14.8. The molecule has 0 aliphatic heterocycles. The molecule has 0 fully saturated rings. The van der Waals surface area contributed by atoms with Gasteiger partial charge >= 0.3 is 0 Å². The molecule has 0 aromatic carbocycles. The van der Waals surface area contributed by atoms with Gasteiger partial charge in [-0.25, -0.2) is 5.84 Å². The third-order valence-electron chi connectivity index (χ3n) is 3.36. The fourth-order valence-electron chi connectivity index (χ4n) is 1.96. The van der Waals surface area contributed by atoms with Crippen LogP contribution in [0.2, 0.25) is 0 Å². The molecule has 0 aliphatic rings. The number of carbonyl (C=O) groups is 1. The number of nitrogens with zero attached hydrogens (tertiary/aromatic N) is 1. The third kappa shape index (κ3) is 5.67. The first-order valence-corrected chi connectivity index (χ1v) is 7.24. The van der Waals surface area contributed by atoms with Gasteiger partial charge in [-0.05, 0) is 24.5 Å². The van der Waals surface area contributed by atoms with Crippen LogP contribution in [0.5, 0.6) is 0 Å². The third-order valence-corrected chi connectivity index (χ3v) is 3.36. The SMILES string of the molecule is CCCCC(CC)COCc1ccc(C(=O)NN)cn1. The van der Waals surface area contributed by atoms with Gasteiger partial charge in [-0.3, -0.25) is 15.2 Å². The molecule has 5 nitrogen and oxygen atoms in total. The summed E-state index contributed by atoms with van der Waals surface area (Å²) in [5, 5.41) is 0. The number of hydrogen-bond acceptors (Lipinski definition) is 4. The van der Waals surface area contributed by atoms with E-state index < -0.39 is 0 Å². The lowest BCUT2D eigenvalue weighted by Gasteiger charge is -2.14. The minimum Gasteiger partial charge on any atom is -0.375 e. The van der Waals surface area contributed by atoms with Gasteiger partial charge in [0.25, 0.3) is 5.91 Å². The van der Waals surface area contributed by atoms with E-state index in [1.165, 1.54) is 25.5 Å². The summed E-state index contributed by atoms with van der Waals surface area (Å²) in [7, 11) is 0. The Bertz CT molecular complexity index is 393. The molecule has 0 bridgehead atoms. The Kier molecular flexibility index (Phi) is 7.84. The number of nitrogen functional groups attached to an aromatic ring is 1. The highest BCUT2D eigenvalue weighted by Crippen LogP contribution is 2.13. The van der Waals surface area contributed by atoms with Crippen LogP contribution >= 0.6 is 0 Å². The topological polar surface area (TPSA) is 77.2 Å². The van der Waals surface area contributed by atoms with Crippen molar-refractivity contribution in [2.75, 3.05) is 6.61 Å². The number of rotatable bonds is 9. The summed E-state index contributed by atoms with van der Waals surface area (Å²) in [6, 6.07) is 3.49. The maximum atomic E-state index is 11.3. The lowest BCUT2D eigenvalue weighted by atomic mass is 10.0. The summed E-state index contributed by atoms with van der Waals surface area (Å²) in [6.07, 6.45) is 6.35. The molecule has 1 heterocycles. The molecule has 5 heteroatoms. The van der Waals surface area contributed by atoms with Crippen LogP contribution in [0.25, 0.3) is 0 Å². The maximum Gasteiger partial charge on any atom is 0.266 e. The Morgan fingerprint density at radius 1 is 1.45 bits per heavy atom. The van der Waals surface area contributed by atoms with Crippen molar-refractivity contribution >= 4 is 5.91 Å². The van der Waals surface area contributed by atoms with Gasteiger partial charge < -0.3 is 4.74 Å². The van der Waals surface area contributed by atoms with Gasteiger partial charge in [0.2, 0.25) is 0 Å². The molecule has 1 amide bonds. The van der Waals surface area contributed by atoms with Crippen molar-refractivity contribution in [2.45, 2.75) is 46.1 Å². The molecule has 3 N–H and O–H groups in total. The standard InChI is InChI=1S/C15H25N3O2/c1-3-5-6-12(4-2)10-20-11-14-8-7-13(9-17-14)15(19)18-16/h7-9,12H,3-6,10-11,16H2,1-2H3,(H,18,19). The van der Waals surface area contributed by atoms with E-state index in [1.54, 1.807) is 12.1 Å². The van der Waals surface area contributed by atoms with E-state index in [0.717, 1.165) is 18.7 Å². The summed E-state index contributed by atoms with van der Waals surface area (Å²) < 4.78 is 5.71. The van der Waals surface area contributed by atoms with E-state index in [4.69, 9.17) is 10.6 Å². The molecule has 0 radical (unpaired) electrons. The Labute approximate surface area is 120 Å². The van der Waals surface area contributed by atoms with Crippen molar-refractivity contribution in [3.8, 4) is 0 Å². The number of hydrazine groups is 1. The van der Waals surface area contributed by atoms with E-state index in [9.17, 15) is 4.79 Å². The Morgan fingerprint density at radius 3 is 2.80 bits per heavy atom. The second-order valence-electron chi connectivity index (χ2n) is 4.94. The lowest BCUT2D eigenvalue weighted by Crippen LogP contribution is -2.30. The molecular formula is C15H25N3O2. The summed E-state index contributed by atoms with van der Waals surface area (Å²) in [4.78, 5) is 15.5. The smallest absolute Gasteiger partial charge is 0.266 e. The molecule has 0 spiro atoms. The number of ether oxygens (including phenoxy) is 1. The van der Waals surface area contributed by atoms with Crippen molar-refractivity contribution in [3.63, 3.8) is 0 Å². The van der Waals surface area contributed by atoms with Crippen LogP contribution in [-0.4, -0.2) is 17.5 Å². The number of pyridine rings is 1. The number of unbranched alkanes of at least 4 members (excludes halogenated alkanes) is 1. The second kappa shape index (κ2) is 9.44. The van der Waals surface area contributed by atoms with Crippen molar-refractivity contribution in [1.82, 2.24) is 10.4 Å². The largest absolute Gasteiger partial charge is 0.375 e. The van der Waals surface area contributed by atoms with Crippen LogP contribution < -0.4 is 11.3 Å². The van der Waals surface area contributed by atoms with Gasteiger partial charge in [0.05, 0.1) is 17.9 Å². The average molecular weight is 279 g/mol. The predicted molar refractivity (Wildman–Crippen MR) is 78.9 cm³/mol. The van der Waals surface area contributed by atoms with Crippen molar-refractivity contribution in [2.24, 2.45) is 11.8 Å². The second-order valence-corrected chi connectivity index (χ2v) is 4.94. The van der Waals surface area contributed by atoms with Crippen LogP contribution in [0, 0.1) is 5.92 Å². The normalized spacial score (nSPS) is 12.2. The van der Waals surface area contributed by atoms with Crippen LogP contribution in [0.3, 0.4) is 0 Å². The van der Waals surface area contributed by atoms with Crippen LogP contribution in [0.15, 0.2) is 18.3 Å². The molecule has 1 aromatic heterocycles. The first-order valence-electron chi connectivity index (χ1n) is 7.24. The highest BCUT2D eigenvalue weighted by atomic mass is 16.5. The molecule has 0 saturated carbocycles. The van der Waals surface area contributed by atoms with Crippen molar-refractivity contribution in [1.29, 1.82) is 0 Å². The quantitative estimate of drug-likeness (QED) is 0.413. The molecule has 112 valence electrons. The van der Waals surface area contributed by atoms with Crippen LogP contribution in [0.1, 0.15) is 55.6 Å². The number of hydrogen-bond donors (Lipinski definition) is 2. The molecule has 1 atom stereocenters. The Balaban J connectivity index is 2.36. The molecular weight excluding hydrogens is 254 g/mol. The van der Waals surface area contributed by atoms with Gasteiger partial charge in [0, 0.05) is 12.8 Å². The lowest BCUT2D eigenvalue weighted by molar-refractivity contribution is 0.0798. The maximum absolute atomic E-state index is 11.3. The van der Waals surface area contributed by atoms with Crippen molar-refractivity contribution < 1.29 is 9.53 Å². The molecule has 1 rings (SSSR count). The summed E-state index contributed by atoms with van der Waals surface area (Å²) >= 11 is 0. The van der Waals surface area contributed by atoms with E-state index in [-0.39, 0.29) is 5.91 Å². The average Bonchev–Trinajstić information content (AvgIpc) is 2.50. The van der Waals surface area contributed by atoms with E-state index in [0.29, 0.717) is 18.1 Å². The first kappa shape index (κ1) is 16.6. The summed E-state index contributed by atoms with van der Waals surface area (Å²) in [6.45, 7) is 5.65. The van der Waals surface area contributed by atoms with E-state index in [1.807, 2.05) is 0 Å². The Hall–Kier alpha value is -1.46.